The second-order valence-electron chi connectivity index (χ2n) is 6.83. The second-order valence-corrected chi connectivity index (χ2v) is 7.27. The molecule has 0 radical (unpaired) electrons. The Bertz CT molecular complexity index is 1060. The Balaban J connectivity index is 2.07. The average Bonchev–Trinajstić information content (AvgIpc) is 2.98. The summed E-state index contributed by atoms with van der Waals surface area (Å²) in [7, 11) is 0. The lowest BCUT2D eigenvalue weighted by Gasteiger charge is -2.09. The SMILES string of the molecule is CC(C)NC(=O)Cn1c(-c2cccc(Cl)c2)nn(-c2ccc(CCO)cn2)c1=O. The number of benzene rings is 1. The van der Waals surface area contributed by atoms with Crippen LogP contribution >= 0.6 is 11.6 Å². The van der Waals surface area contributed by atoms with Crippen LogP contribution in [0.3, 0.4) is 0 Å². The van der Waals surface area contributed by atoms with Crippen molar-refractivity contribution in [1.29, 1.82) is 0 Å². The molecule has 0 aliphatic heterocycles. The predicted octanol–water partition coefficient (Wildman–Crippen LogP) is 1.81. The van der Waals surface area contributed by atoms with Crippen LogP contribution in [0.1, 0.15) is 19.4 Å². The van der Waals surface area contributed by atoms with E-state index in [9.17, 15) is 9.59 Å². The van der Waals surface area contributed by atoms with E-state index in [1.807, 2.05) is 13.8 Å². The van der Waals surface area contributed by atoms with Crippen LogP contribution in [-0.4, -0.2) is 43.0 Å². The highest BCUT2D eigenvalue weighted by atomic mass is 35.5. The third-order valence-corrected chi connectivity index (χ3v) is 4.36. The van der Waals surface area contributed by atoms with E-state index >= 15 is 0 Å². The summed E-state index contributed by atoms with van der Waals surface area (Å²) in [6.07, 6.45) is 2.06. The first-order valence-corrected chi connectivity index (χ1v) is 9.58. The molecule has 8 nitrogen and oxygen atoms in total. The van der Waals surface area contributed by atoms with Gasteiger partial charge in [-0.1, -0.05) is 29.8 Å². The van der Waals surface area contributed by atoms with E-state index < -0.39 is 5.69 Å². The van der Waals surface area contributed by atoms with Crippen molar-refractivity contribution in [3.8, 4) is 17.2 Å². The number of aliphatic hydroxyl groups is 1. The van der Waals surface area contributed by atoms with Gasteiger partial charge in [0.05, 0.1) is 0 Å². The molecular weight excluding hydrogens is 394 g/mol. The number of amides is 1. The summed E-state index contributed by atoms with van der Waals surface area (Å²) in [4.78, 5) is 29.6. The maximum absolute atomic E-state index is 13.1. The van der Waals surface area contributed by atoms with E-state index in [1.54, 1.807) is 42.6 Å². The van der Waals surface area contributed by atoms with Crippen LogP contribution in [0.2, 0.25) is 5.02 Å². The monoisotopic (exact) mass is 415 g/mol. The standard InChI is InChI=1S/C20H22ClN5O3/c1-13(2)23-18(28)12-25-19(15-4-3-5-16(21)10-15)24-26(20(25)29)17-7-6-14(8-9-27)11-22-17/h3-7,10-11,13,27H,8-9,12H2,1-2H3,(H,23,28). The highest BCUT2D eigenvalue weighted by Gasteiger charge is 2.19. The third kappa shape index (κ3) is 4.90. The third-order valence-electron chi connectivity index (χ3n) is 4.12. The minimum atomic E-state index is -0.485. The smallest absolute Gasteiger partial charge is 0.352 e. The van der Waals surface area contributed by atoms with Gasteiger partial charge in [0.25, 0.3) is 0 Å². The first-order valence-electron chi connectivity index (χ1n) is 9.20. The van der Waals surface area contributed by atoms with Gasteiger partial charge in [-0.05, 0) is 44.0 Å². The number of aliphatic hydroxyl groups excluding tert-OH is 1. The zero-order valence-electron chi connectivity index (χ0n) is 16.2. The fourth-order valence-electron chi connectivity index (χ4n) is 2.86. The van der Waals surface area contributed by atoms with Crippen LogP contribution in [-0.2, 0) is 17.8 Å². The number of pyridine rings is 1. The molecule has 0 atom stereocenters. The number of hydrogen-bond donors (Lipinski definition) is 2. The lowest BCUT2D eigenvalue weighted by Crippen LogP contribution is -2.36. The summed E-state index contributed by atoms with van der Waals surface area (Å²) in [6.45, 7) is 3.53. The number of nitrogens with one attached hydrogen (secondary N) is 1. The fourth-order valence-corrected chi connectivity index (χ4v) is 3.05. The summed E-state index contributed by atoms with van der Waals surface area (Å²) in [6, 6.07) is 10.3. The van der Waals surface area contributed by atoms with Gasteiger partial charge in [-0.3, -0.25) is 9.36 Å². The quantitative estimate of drug-likeness (QED) is 0.612. The molecule has 1 amide bonds. The van der Waals surface area contributed by atoms with Crippen LogP contribution in [0.25, 0.3) is 17.2 Å². The summed E-state index contributed by atoms with van der Waals surface area (Å²) in [5.74, 6) is 0.344. The van der Waals surface area contributed by atoms with Gasteiger partial charge in [0.2, 0.25) is 5.91 Å². The second kappa shape index (κ2) is 9.02. The van der Waals surface area contributed by atoms with E-state index in [4.69, 9.17) is 16.7 Å². The molecule has 29 heavy (non-hydrogen) atoms. The van der Waals surface area contributed by atoms with E-state index in [-0.39, 0.29) is 25.1 Å². The number of nitrogens with zero attached hydrogens (tertiary/aromatic N) is 4. The van der Waals surface area contributed by atoms with Gasteiger partial charge in [0.1, 0.15) is 6.54 Å². The van der Waals surface area contributed by atoms with Gasteiger partial charge < -0.3 is 10.4 Å². The zero-order chi connectivity index (χ0) is 21.0. The normalized spacial score (nSPS) is 11.1. The molecule has 2 N–H and O–H groups in total. The molecule has 0 saturated heterocycles. The number of aromatic nitrogens is 4. The van der Waals surface area contributed by atoms with Crippen molar-refractivity contribution >= 4 is 17.5 Å². The minimum absolute atomic E-state index is 0.0134. The van der Waals surface area contributed by atoms with Crippen LogP contribution in [0, 0.1) is 0 Å². The number of rotatable bonds is 7. The first kappa shape index (κ1) is 20.8. The van der Waals surface area contributed by atoms with Crippen molar-refractivity contribution in [3.63, 3.8) is 0 Å². The van der Waals surface area contributed by atoms with Crippen LogP contribution in [0.5, 0.6) is 0 Å². The van der Waals surface area contributed by atoms with Gasteiger partial charge in [0, 0.05) is 29.4 Å². The molecule has 0 aliphatic carbocycles. The molecular formula is C20H22ClN5O3. The van der Waals surface area contributed by atoms with E-state index in [1.165, 1.54) is 4.57 Å². The Morgan fingerprint density at radius 2 is 2.07 bits per heavy atom. The maximum Gasteiger partial charge on any atom is 0.352 e. The Labute approximate surface area is 172 Å². The molecule has 152 valence electrons. The maximum atomic E-state index is 13.1. The lowest BCUT2D eigenvalue weighted by molar-refractivity contribution is -0.122. The van der Waals surface area contributed by atoms with Gasteiger partial charge >= 0.3 is 5.69 Å². The topological polar surface area (TPSA) is 102 Å². The van der Waals surface area contributed by atoms with Gasteiger partial charge in [-0.2, -0.15) is 4.68 Å². The molecule has 0 spiro atoms. The Morgan fingerprint density at radius 1 is 1.28 bits per heavy atom. The van der Waals surface area contributed by atoms with E-state index in [2.05, 4.69) is 15.4 Å². The molecule has 2 aromatic heterocycles. The number of hydrogen-bond acceptors (Lipinski definition) is 5. The Hall–Kier alpha value is -2.97. The lowest BCUT2D eigenvalue weighted by atomic mass is 10.2. The first-order chi connectivity index (χ1) is 13.9. The van der Waals surface area contributed by atoms with Crippen molar-refractivity contribution in [2.75, 3.05) is 6.61 Å². The molecule has 3 aromatic rings. The molecule has 0 unspecified atom stereocenters. The van der Waals surface area contributed by atoms with Gasteiger partial charge in [-0.15, -0.1) is 5.10 Å². The highest BCUT2D eigenvalue weighted by Crippen LogP contribution is 2.21. The number of carbonyl (C=O) groups excluding carboxylic acids is 1. The largest absolute Gasteiger partial charge is 0.396 e. The number of carbonyl (C=O) groups is 1. The zero-order valence-corrected chi connectivity index (χ0v) is 16.9. The molecule has 0 fully saturated rings. The van der Waals surface area contributed by atoms with Crippen LogP contribution in [0.15, 0.2) is 47.4 Å². The predicted molar refractivity (Wildman–Crippen MR) is 110 cm³/mol. The molecule has 0 aliphatic rings. The fraction of sp³-hybridized carbons (Fsp3) is 0.300. The molecule has 2 heterocycles. The van der Waals surface area contributed by atoms with E-state index in [0.717, 1.165) is 10.2 Å². The van der Waals surface area contributed by atoms with Crippen molar-refractivity contribution in [2.45, 2.75) is 32.9 Å². The minimum Gasteiger partial charge on any atom is -0.396 e. The summed E-state index contributed by atoms with van der Waals surface area (Å²) < 4.78 is 2.45. The summed E-state index contributed by atoms with van der Waals surface area (Å²) in [5.41, 5.74) is 0.971. The summed E-state index contributed by atoms with van der Waals surface area (Å²) in [5, 5.41) is 16.7. The van der Waals surface area contributed by atoms with Gasteiger partial charge in [0.15, 0.2) is 11.6 Å². The molecule has 1 aromatic carbocycles. The Kier molecular flexibility index (Phi) is 6.46. The van der Waals surface area contributed by atoms with E-state index in [0.29, 0.717) is 28.6 Å². The molecule has 9 heteroatoms. The van der Waals surface area contributed by atoms with Crippen LogP contribution in [0.4, 0.5) is 0 Å². The van der Waals surface area contributed by atoms with Gasteiger partial charge in [-0.25, -0.2) is 9.78 Å². The number of halogens is 1. The average molecular weight is 416 g/mol. The van der Waals surface area contributed by atoms with Crippen molar-refractivity contribution in [2.24, 2.45) is 0 Å². The highest BCUT2D eigenvalue weighted by molar-refractivity contribution is 6.30. The Morgan fingerprint density at radius 3 is 2.69 bits per heavy atom. The molecule has 3 rings (SSSR count). The summed E-state index contributed by atoms with van der Waals surface area (Å²) >= 11 is 6.10. The van der Waals surface area contributed by atoms with Crippen LogP contribution < -0.4 is 11.0 Å². The van der Waals surface area contributed by atoms with Crippen molar-refractivity contribution < 1.29 is 9.90 Å². The molecule has 0 bridgehead atoms. The molecule has 0 saturated carbocycles. The van der Waals surface area contributed by atoms with Crippen molar-refractivity contribution in [3.05, 3.63) is 63.7 Å². The van der Waals surface area contributed by atoms with Crippen molar-refractivity contribution in [1.82, 2.24) is 24.6 Å².